The fourth-order valence-electron chi connectivity index (χ4n) is 2.30. The van der Waals surface area contributed by atoms with Crippen molar-refractivity contribution in [1.29, 1.82) is 0 Å². The van der Waals surface area contributed by atoms with E-state index in [0.29, 0.717) is 25.1 Å². The quantitative estimate of drug-likeness (QED) is 0.570. The van der Waals surface area contributed by atoms with Crippen molar-refractivity contribution in [2.24, 2.45) is 0 Å². The molecule has 0 saturated carbocycles. The van der Waals surface area contributed by atoms with Gasteiger partial charge in [0.2, 0.25) is 11.8 Å². The van der Waals surface area contributed by atoms with E-state index < -0.39 is 0 Å². The summed E-state index contributed by atoms with van der Waals surface area (Å²) in [6.07, 6.45) is 3.37. The summed E-state index contributed by atoms with van der Waals surface area (Å²) < 4.78 is 2.01. The largest absolute Gasteiger partial charge is 0.308 e. The maximum absolute atomic E-state index is 11.5. The second-order valence-electron chi connectivity index (χ2n) is 4.92. The molecule has 6 nitrogen and oxygen atoms in total. The molecule has 116 valence electrons. The predicted molar refractivity (Wildman–Crippen MR) is 84.7 cm³/mol. The maximum Gasteiger partial charge on any atom is 0.229 e. The summed E-state index contributed by atoms with van der Waals surface area (Å²) in [7, 11) is 0. The Morgan fingerprint density at radius 2 is 2.05 bits per heavy atom. The van der Waals surface area contributed by atoms with Gasteiger partial charge in [-0.15, -0.1) is 21.5 Å². The number of imide groups is 1. The van der Waals surface area contributed by atoms with Gasteiger partial charge in [0.25, 0.3) is 0 Å². The molecular formula is C14H16N4O2S2. The summed E-state index contributed by atoms with van der Waals surface area (Å²) in [5.74, 6) is 0.518. The zero-order chi connectivity index (χ0) is 15.4. The molecule has 3 rings (SSSR count). The van der Waals surface area contributed by atoms with Crippen LogP contribution in [-0.4, -0.2) is 43.8 Å². The van der Waals surface area contributed by atoms with Crippen LogP contribution in [0.25, 0.3) is 0 Å². The lowest BCUT2D eigenvalue weighted by atomic mass is 10.3. The molecule has 3 heterocycles. The summed E-state index contributed by atoms with van der Waals surface area (Å²) in [6.45, 7) is 1.28. The Kier molecular flexibility index (Phi) is 4.89. The van der Waals surface area contributed by atoms with E-state index in [0.717, 1.165) is 18.1 Å². The molecule has 1 saturated heterocycles. The standard InChI is InChI=1S/C14H16N4O2S2/c19-12-3-4-13(20)18(12)7-9-22-14-16-15-10-17(14)6-5-11-2-1-8-21-11/h1-2,8,10H,3-7,9H2. The molecule has 2 amide bonds. The Labute approximate surface area is 136 Å². The third kappa shape index (κ3) is 3.56. The molecule has 0 spiro atoms. The predicted octanol–water partition coefficient (Wildman–Crippen LogP) is 1.82. The summed E-state index contributed by atoms with van der Waals surface area (Å²) in [4.78, 5) is 25.8. The molecule has 0 bridgehead atoms. The zero-order valence-corrected chi connectivity index (χ0v) is 13.6. The van der Waals surface area contributed by atoms with Crippen molar-refractivity contribution in [3.8, 4) is 0 Å². The number of rotatable bonds is 7. The van der Waals surface area contributed by atoms with Crippen LogP contribution in [0.3, 0.4) is 0 Å². The third-order valence-electron chi connectivity index (χ3n) is 3.46. The highest BCUT2D eigenvalue weighted by atomic mass is 32.2. The minimum atomic E-state index is -0.0650. The first-order valence-electron chi connectivity index (χ1n) is 7.10. The average Bonchev–Trinajstić information content (AvgIpc) is 3.23. The summed E-state index contributed by atoms with van der Waals surface area (Å²) in [5, 5.41) is 11.0. The van der Waals surface area contributed by atoms with Gasteiger partial charge in [-0.2, -0.15) is 0 Å². The lowest BCUT2D eigenvalue weighted by molar-refractivity contribution is -0.137. The smallest absolute Gasteiger partial charge is 0.229 e. The number of hydrogen-bond acceptors (Lipinski definition) is 6. The van der Waals surface area contributed by atoms with Gasteiger partial charge in [0.05, 0.1) is 0 Å². The van der Waals surface area contributed by atoms with Gasteiger partial charge >= 0.3 is 0 Å². The maximum atomic E-state index is 11.5. The van der Waals surface area contributed by atoms with Crippen LogP contribution >= 0.6 is 23.1 Å². The van der Waals surface area contributed by atoms with Crippen molar-refractivity contribution in [2.45, 2.75) is 31.0 Å². The highest BCUT2D eigenvalue weighted by Gasteiger charge is 2.28. The fourth-order valence-corrected chi connectivity index (χ4v) is 3.86. The third-order valence-corrected chi connectivity index (χ3v) is 5.36. The number of thiophene rings is 1. The number of likely N-dealkylation sites (tertiary alicyclic amines) is 1. The summed E-state index contributed by atoms with van der Waals surface area (Å²) in [6, 6.07) is 4.17. The molecule has 0 atom stereocenters. The van der Waals surface area contributed by atoms with Crippen molar-refractivity contribution in [3.05, 3.63) is 28.7 Å². The van der Waals surface area contributed by atoms with Gasteiger partial charge in [0.15, 0.2) is 5.16 Å². The number of carbonyl (C=O) groups is 2. The van der Waals surface area contributed by atoms with Crippen LogP contribution in [0.2, 0.25) is 0 Å². The lowest BCUT2D eigenvalue weighted by Crippen LogP contribution is -2.31. The molecule has 0 aliphatic carbocycles. The van der Waals surface area contributed by atoms with Gasteiger partial charge in [0.1, 0.15) is 6.33 Å². The number of thioether (sulfide) groups is 1. The number of aromatic nitrogens is 3. The molecule has 2 aromatic rings. The molecule has 2 aromatic heterocycles. The number of nitrogens with zero attached hydrogens (tertiary/aromatic N) is 4. The monoisotopic (exact) mass is 336 g/mol. The first kappa shape index (κ1) is 15.2. The van der Waals surface area contributed by atoms with Crippen LogP contribution in [0.4, 0.5) is 0 Å². The molecule has 0 unspecified atom stereocenters. The van der Waals surface area contributed by atoms with Crippen molar-refractivity contribution >= 4 is 34.9 Å². The molecule has 1 aliphatic heterocycles. The van der Waals surface area contributed by atoms with E-state index >= 15 is 0 Å². The van der Waals surface area contributed by atoms with Gasteiger partial charge < -0.3 is 4.57 Å². The normalized spacial score (nSPS) is 15.0. The Morgan fingerprint density at radius 1 is 1.23 bits per heavy atom. The molecule has 1 aliphatic rings. The minimum absolute atomic E-state index is 0.0650. The van der Waals surface area contributed by atoms with E-state index in [1.807, 2.05) is 10.6 Å². The van der Waals surface area contributed by atoms with Crippen molar-refractivity contribution in [1.82, 2.24) is 19.7 Å². The second kappa shape index (κ2) is 7.06. The number of amides is 2. The second-order valence-corrected chi connectivity index (χ2v) is 7.02. The highest BCUT2D eigenvalue weighted by molar-refractivity contribution is 7.99. The Balaban J connectivity index is 1.49. The van der Waals surface area contributed by atoms with E-state index in [1.165, 1.54) is 21.5 Å². The van der Waals surface area contributed by atoms with Crippen LogP contribution in [0.15, 0.2) is 29.0 Å². The van der Waals surface area contributed by atoms with Crippen molar-refractivity contribution in [2.75, 3.05) is 12.3 Å². The van der Waals surface area contributed by atoms with Gasteiger partial charge in [-0.1, -0.05) is 17.8 Å². The van der Waals surface area contributed by atoms with Crippen LogP contribution in [0.1, 0.15) is 17.7 Å². The Morgan fingerprint density at radius 3 is 2.77 bits per heavy atom. The van der Waals surface area contributed by atoms with Crippen molar-refractivity contribution in [3.63, 3.8) is 0 Å². The van der Waals surface area contributed by atoms with E-state index in [2.05, 4.69) is 21.6 Å². The molecule has 0 N–H and O–H groups in total. The Bertz CT molecular complexity index is 638. The SMILES string of the molecule is O=C1CCC(=O)N1CCSc1nncn1CCc1cccs1. The number of carbonyl (C=O) groups excluding carboxylic acids is 2. The summed E-state index contributed by atoms with van der Waals surface area (Å²) >= 11 is 3.27. The summed E-state index contributed by atoms with van der Waals surface area (Å²) in [5.41, 5.74) is 0. The van der Waals surface area contributed by atoms with Gasteiger partial charge in [-0.25, -0.2) is 0 Å². The van der Waals surface area contributed by atoms with Crippen molar-refractivity contribution < 1.29 is 9.59 Å². The number of aryl methyl sites for hydroxylation is 2. The molecular weight excluding hydrogens is 320 g/mol. The van der Waals surface area contributed by atoms with Crippen LogP contribution in [-0.2, 0) is 22.6 Å². The minimum Gasteiger partial charge on any atom is -0.308 e. The lowest BCUT2D eigenvalue weighted by Gasteiger charge is -2.13. The fraction of sp³-hybridized carbons (Fsp3) is 0.429. The molecule has 1 fully saturated rings. The average molecular weight is 336 g/mol. The molecule has 0 radical (unpaired) electrons. The van der Waals surface area contributed by atoms with E-state index in [9.17, 15) is 9.59 Å². The van der Waals surface area contributed by atoms with Crippen LogP contribution in [0, 0.1) is 0 Å². The topological polar surface area (TPSA) is 68.1 Å². The number of hydrogen-bond donors (Lipinski definition) is 0. The van der Waals surface area contributed by atoms with Gasteiger partial charge in [-0.3, -0.25) is 14.5 Å². The first-order valence-corrected chi connectivity index (χ1v) is 8.97. The van der Waals surface area contributed by atoms with Gasteiger partial charge in [-0.05, 0) is 17.9 Å². The van der Waals surface area contributed by atoms with Gasteiger partial charge in [0, 0.05) is 36.6 Å². The van der Waals surface area contributed by atoms with E-state index in [4.69, 9.17) is 0 Å². The van der Waals surface area contributed by atoms with E-state index in [-0.39, 0.29) is 11.8 Å². The molecule has 22 heavy (non-hydrogen) atoms. The van der Waals surface area contributed by atoms with E-state index in [1.54, 1.807) is 17.7 Å². The highest BCUT2D eigenvalue weighted by Crippen LogP contribution is 2.18. The Hall–Kier alpha value is -1.67. The first-order chi connectivity index (χ1) is 10.7. The molecule has 8 heteroatoms. The molecule has 0 aromatic carbocycles. The van der Waals surface area contributed by atoms with Crippen LogP contribution in [0.5, 0.6) is 0 Å². The zero-order valence-electron chi connectivity index (χ0n) is 12.0. The van der Waals surface area contributed by atoms with Crippen LogP contribution < -0.4 is 0 Å².